The van der Waals surface area contributed by atoms with Crippen LogP contribution in [-0.4, -0.2) is 14.3 Å². The molecule has 15 heavy (non-hydrogen) atoms. The van der Waals surface area contributed by atoms with Crippen LogP contribution < -0.4 is 11.2 Å². The van der Waals surface area contributed by atoms with E-state index in [-0.39, 0.29) is 17.3 Å². The Kier molecular flexibility index (Phi) is 2.70. The molecule has 0 bridgehead atoms. The lowest BCUT2D eigenvalue weighted by Crippen LogP contribution is -2.41. The fraction of sp³-hybridized carbons (Fsp3) is 0.700. The van der Waals surface area contributed by atoms with E-state index >= 15 is 0 Å². The van der Waals surface area contributed by atoms with E-state index in [1.807, 2.05) is 0 Å². The first kappa shape index (κ1) is 10.1. The number of rotatable bonds is 1. The number of hydrogen-bond donors (Lipinski definition) is 0. The Morgan fingerprint density at radius 1 is 1.27 bits per heavy atom. The summed E-state index contributed by atoms with van der Waals surface area (Å²) in [6.07, 6.45) is 6.71. The highest BCUT2D eigenvalue weighted by Gasteiger charge is 2.18. The van der Waals surface area contributed by atoms with E-state index in [0.29, 0.717) is 0 Å². The van der Waals surface area contributed by atoms with Gasteiger partial charge in [0.2, 0.25) is 0 Å². The molecule has 0 atom stereocenters. The first-order valence-electron chi connectivity index (χ1n) is 5.35. The maximum absolute atomic E-state index is 11.8. The molecule has 5 nitrogen and oxygen atoms in total. The van der Waals surface area contributed by atoms with E-state index in [1.165, 1.54) is 24.3 Å². The Morgan fingerprint density at radius 3 is 2.60 bits per heavy atom. The van der Waals surface area contributed by atoms with Gasteiger partial charge >= 0.3 is 5.69 Å². The van der Waals surface area contributed by atoms with E-state index in [1.54, 1.807) is 0 Å². The molecule has 0 radical (unpaired) electrons. The van der Waals surface area contributed by atoms with Gasteiger partial charge in [0.15, 0.2) is 0 Å². The molecule has 0 unspecified atom stereocenters. The quantitative estimate of drug-likeness (QED) is 0.674. The molecule has 0 spiro atoms. The smallest absolute Gasteiger partial charge is 0.267 e. The van der Waals surface area contributed by atoms with Crippen LogP contribution in [0.4, 0.5) is 0 Å². The van der Waals surface area contributed by atoms with Crippen molar-refractivity contribution < 1.29 is 0 Å². The molecule has 0 aromatic carbocycles. The largest absolute Gasteiger partial charge is 0.347 e. The molecule has 2 rings (SSSR count). The second kappa shape index (κ2) is 4.00. The van der Waals surface area contributed by atoms with Crippen molar-refractivity contribution in [2.75, 3.05) is 0 Å². The lowest BCUT2D eigenvalue weighted by atomic mass is 9.96. The Hall–Kier alpha value is -1.39. The average molecular weight is 209 g/mol. The summed E-state index contributed by atoms with van der Waals surface area (Å²) in [6.45, 7) is 0. The SMILES string of the molecule is Cn1c(=O)cnn(C2CCCCC2)c1=O. The minimum atomic E-state index is -0.341. The van der Waals surface area contributed by atoms with Crippen LogP contribution in [0.1, 0.15) is 38.1 Å². The van der Waals surface area contributed by atoms with Gasteiger partial charge in [-0.1, -0.05) is 19.3 Å². The summed E-state index contributed by atoms with van der Waals surface area (Å²) in [6, 6.07) is 0.179. The Bertz CT molecular complexity index is 454. The van der Waals surface area contributed by atoms with Gasteiger partial charge in [-0.05, 0) is 12.8 Å². The van der Waals surface area contributed by atoms with Gasteiger partial charge in [-0.25, -0.2) is 9.48 Å². The maximum Gasteiger partial charge on any atom is 0.347 e. The van der Waals surface area contributed by atoms with Crippen LogP contribution in [0.15, 0.2) is 15.8 Å². The van der Waals surface area contributed by atoms with Crippen LogP contribution in [-0.2, 0) is 7.05 Å². The zero-order valence-electron chi connectivity index (χ0n) is 8.85. The van der Waals surface area contributed by atoms with Gasteiger partial charge in [-0.15, -0.1) is 0 Å². The summed E-state index contributed by atoms with van der Waals surface area (Å²) in [7, 11) is 1.49. The van der Waals surface area contributed by atoms with Crippen molar-refractivity contribution in [3.8, 4) is 0 Å². The zero-order chi connectivity index (χ0) is 10.8. The highest BCUT2D eigenvalue weighted by atomic mass is 16.2. The summed E-state index contributed by atoms with van der Waals surface area (Å²) >= 11 is 0. The van der Waals surface area contributed by atoms with E-state index in [2.05, 4.69) is 5.10 Å². The van der Waals surface area contributed by atoms with Crippen LogP contribution in [0, 0.1) is 0 Å². The van der Waals surface area contributed by atoms with Crippen molar-refractivity contribution in [2.45, 2.75) is 38.1 Å². The van der Waals surface area contributed by atoms with Gasteiger partial charge in [0.05, 0.1) is 6.04 Å². The van der Waals surface area contributed by atoms with Crippen LogP contribution >= 0.6 is 0 Å². The van der Waals surface area contributed by atoms with E-state index in [4.69, 9.17) is 0 Å². The van der Waals surface area contributed by atoms with E-state index < -0.39 is 0 Å². The molecule has 1 aliphatic rings. The fourth-order valence-corrected chi connectivity index (χ4v) is 2.07. The van der Waals surface area contributed by atoms with Crippen LogP contribution in [0.5, 0.6) is 0 Å². The molecule has 1 fully saturated rings. The molecule has 1 aromatic rings. The predicted octanol–water partition coefficient (Wildman–Crippen LogP) is 0.447. The third-order valence-electron chi connectivity index (χ3n) is 3.03. The summed E-state index contributed by atoms with van der Waals surface area (Å²) < 4.78 is 2.57. The van der Waals surface area contributed by atoms with Crippen molar-refractivity contribution in [3.05, 3.63) is 27.0 Å². The van der Waals surface area contributed by atoms with E-state index in [0.717, 1.165) is 30.3 Å². The molecule has 1 heterocycles. The molecule has 0 N–H and O–H groups in total. The summed E-state index contributed by atoms with van der Waals surface area (Å²) in [5, 5.41) is 3.93. The Labute approximate surface area is 87.4 Å². The lowest BCUT2D eigenvalue weighted by Gasteiger charge is -2.22. The van der Waals surface area contributed by atoms with Gasteiger partial charge < -0.3 is 0 Å². The highest BCUT2D eigenvalue weighted by molar-refractivity contribution is 4.79. The van der Waals surface area contributed by atoms with Gasteiger partial charge in [0.25, 0.3) is 5.56 Å². The molecule has 82 valence electrons. The van der Waals surface area contributed by atoms with Crippen molar-refractivity contribution in [1.82, 2.24) is 14.3 Å². The summed E-state index contributed by atoms with van der Waals surface area (Å²) in [4.78, 5) is 22.9. The fourth-order valence-electron chi connectivity index (χ4n) is 2.07. The molecule has 0 amide bonds. The van der Waals surface area contributed by atoms with E-state index in [9.17, 15) is 9.59 Å². The van der Waals surface area contributed by atoms with Gasteiger partial charge in [-0.2, -0.15) is 5.10 Å². The normalized spacial score (nSPS) is 17.9. The Balaban J connectivity index is 2.40. The highest BCUT2D eigenvalue weighted by Crippen LogP contribution is 2.25. The van der Waals surface area contributed by atoms with Crippen molar-refractivity contribution in [3.63, 3.8) is 0 Å². The van der Waals surface area contributed by atoms with Crippen LogP contribution in [0.2, 0.25) is 0 Å². The second-order valence-corrected chi connectivity index (χ2v) is 4.06. The Morgan fingerprint density at radius 2 is 1.93 bits per heavy atom. The minimum absolute atomic E-state index is 0.179. The van der Waals surface area contributed by atoms with Gasteiger partial charge in [0, 0.05) is 7.05 Å². The lowest BCUT2D eigenvalue weighted by molar-refractivity contribution is 0.307. The van der Waals surface area contributed by atoms with Crippen LogP contribution in [0.25, 0.3) is 0 Å². The standard InChI is InChI=1S/C10H15N3O2/c1-12-9(14)7-11-13(10(12)15)8-5-3-2-4-6-8/h7-8H,2-6H2,1H3. The van der Waals surface area contributed by atoms with Crippen molar-refractivity contribution >= 4 is 0 Å². The molecule has 1 aromatic heterocycles. The second-order valence-electron chi connectivity index (χ2n) is 4.06. The van der Waals surface area contributed by atoms with Crippen molar-refractivity contribution in [2.24, 2.45) is 7.05 Å². The molecule has 0 aliphatic heterocycles. The topological polar surface area (TPSA) is 56.9 Å². The minimum Gasteiger partial charge on any atom is -0.267 e. The molecule has 1 saturated carbocycles. The monoisotopic (exact) mass is 209 g/mol. The number of aromatic nitrogens is 3. The molecular weight excluding hydrogens is 194 g/mol. The third kappa shape index (κ3) is 1.86. The summed E-state index contributed by atoms with van der Waals surface area (Å²) in [5.41, 5.74) is -0.638. The van der Waals surface area contributed by atoms with Crippen molar-refractivity contribution in [1.29, 1.82) is 0 Å². The van der Waals surface area contributed by atoms with Gasteiger partial charge in [-0.3, -0.25) is 9.36 Å². The zero-order valence-corrected chi connectivity index (χ0v) is 8.85. The maximum atomic E-state index is 11.8. The molecule has 1 aliphatic carbocycles. The number of nitrogens with zero attached hydrogens (tertiary/aromatic N) is 3. The molecular formula is C10H15N3O2. The van der Waals surface area contributed by atoms with Gasteiger partial charge in [0.1, 0.15) is 6.20 Å². The first-order chi connectivity index (χ1) is 7.20. The first-order valence-corrected chi connectivity index (χ1v) is 5.35. The summed E-state index contributed by atoms with van der Waals surface area (Å²) in [5.74, 6) is 0. The van der Waals surface area contributed by atoms with Crippen LogP contribution in [0.3, 0.4) is 0 Å². The predicted molar refractivity (Wildman–Crippen MR) is 55.9 cm³/mol. The molecule has 5 heteroatoms. The third-order valence-corrected chi connectivity index (χ3v) is 3.03. The molecule has 0 saturated heterocycles. The average Bonchev–Trinajstić information content (AvgIpc) is 2.27. The number of hydrogen-bond acceptors (Lipinski definition) is 3.